The third-order valence-electron chi connectivity index (χ3n) is 6.34. The van der Waals surface area contributed by atoms with Gasteiger partial charge in [-0.1, -0.05) is 43.7 Å². The lowest BCUT2D eigenvalue weighted by atomic mass is 10.0. The number of nitrogen functional groups attached to an aromatic ring is 1. The summed E-state index contributed by atoms with van der Waals surface area (Å²) in [6.07, 6.45) is 0. The van der Waals surface area contributed by atoms with Gasteiger partial charge in [-0.15, -0.1) is 0 Å². The number of nitrogens with zero attached hydrogens (tertiary/aromatic N) is 4. The van der Waals surface area contributed by atoms with Crippen molar-refractivity contribution in [3.05, 3.63) is 71.3 Å². The summed E-state index contributed by atoms with van der Waals surface area (Å²) in [5.41, 5.74) is 10.7. The van der Waals surface area contributed by atoms with Crippen LogP contribution in [0.25, 0.3) is 11.3 Å². The van der Waals surface area contributed by atoms with E-state index in [1.165, 1.54) is 23.3 Å². The molecule has 1 aliphatic heterocycles. The molecule has 6 heteroatoms. The number of aromatic nitrogens is 2. The molecular formula is C25H32FN5. The van der Waals surface area contributed by atoms with E-state index in [1.807, 2.05) is 0 Å². The second-order valence-corrected chi connectivity index (χ2v) is 8.33. The summed E-state index contributed by atoms with van der Waals surface area (Å²) in [4.78, 5) is 9.84. The fraction of sp³-hybridized carbons (Fsp3) is 0.400. The minimum absolute atomic E-state index is 0.0998. The van der Waals surface area contributed by atoms with Gasteiger partial charge in [-0.25, -0.2) is 9.37 Å². The average molecular weight is 422 g/mol. The average Bonchev–Trinajstić information content (AvgIpc) is 3.11. The van der Waals surface area contributed by atoms with Gasteiger partial charge in [-0.2, -0.15) is 0 Å². The fourth-order valence-electron chi connectivity index (χ4n) is 4.40. The molecule has 0 radical (unpaired) electrons. The molecule has 1 aliphatic rings. The first kappa shape index (κ1) is 21.5. The van der Waals surface area contributed by atoms with Crippen molar-refractivity contribution in [2.75, 3.05) is 38.5 Å². The highest BCUT2D eigenvalue weighted by atomic mass is 19.1. The van der Waals surface area contributed by atoms with Crippen LogP contribution in [0.15, 0.2) is 48.5 Å². The van der Waals surface area contributed by atoms with Crippen LogP contribution in [0, 0.1) is 12.7 Å². The number of hydrogen-bond donors (Lipinski definition) is 1. The molecule has 2 heterocycles. The summed E-state index contributed by atoms with van der Waals surface area (Å²) in [7, 11) is 0. The van der Waals surface area contributed by atoms with E-state index in [4.69, 9.17) is 10.7 Å². The van der Waals surface area contributed by atoms with Crippen molar-refractivity contribution >= 4 is 5.82 Å². The van der Waals surface area contributed by atoms with Crippen LogP contribution >= 0.6 is 0 Å². The summed E-state index contributed by atoms with van der Waals surface area (Å²) in [6, 6.07) is 15.2. The zero-order valence-corrected chi connectivity index (χ0v) is 18.7. The molecule has 0 saturated heterocycles. The largest absolute Gasteiger partial charge is 0.383 e. The third kappa shape index (κ3) is 4.50. The lowest BCUT2D eigenvalue weighted by Crippen LogP contribution is -2.42. The van der Waals surface area contributed by atoms with Crippen molar-refractivity contribution in [2.45, 2.75) is 33.4 Å². The van der Waals surface area contributed by atoms with Crippen LogP contribution in [-0.4, -0.2) is 52.1 Å². The highest BCUT2D eigenvalue weighted by Gasteiger charge is 2.31. The van der Waals surface area contributed by atoms with Crippen LogP contribution in [0.4, 0.5) is 10.2 Å². The number of halogens is 1. The Kier molecular flexibility index (Phi) is 6.39. The van der Waals surface area contributed by atoms with E-state index in [0.717, 1.165) is 56.4 Å². The Morgan fingerprint density at radius 3 is 2.39 bits per heavy atom. The van der Waals surface area contributed by atoms with E-state index in [1.54, 1.807) is 12.1 Å². The monoisotopic (exact) mass is 421 g/mol. The molecule has 3 aromatic rings. The summed E-state index contributed by atoms with van der Waals surface area (Å²) in [5, 5.41) is 0. The normalized spacial score (nSPS) is 16.6. The molecule has 0 spiro atoms. The van der Waals surface area contributed by atoms with E-state index in [-0.39, 0.29) is 11.9 Å². The van der Waals surface area contributed by atoms with Gasteiger partial charge in [0.1, 0.15) is 23.2 Å². The predicted molar refractivity (Wildman–Crippen MR) is 124 cm³/mol. The Bertz CT molecular complexity index is 1010. The smallest absolute Gasteiger partial charge is 0.132 e. The van der Waals surface area contributed by atoms with Gasteiger partial charge in [0.2, 0.25) is 0 Å². The quantitative estimate of drug-likeness (QED) is 0.617. The Hall–Kier alpha value is -2.70. The molecule has 0 saturated carbocycles. The second-order valence-electron chi connectivity index (χ2n) is 8.33. The van der Waals surface area contributed by atoms with Gasteiger partial charge < -0.3 is 15.2 Å². The highest BCUT2D eigenvalue weighted by Crippen LogP contribution is 2.35. The molecule has 5 nitrogen and oxygen atoms in total. The number of aryl methyl sites for hydroxylation is 1. The lowest BCUT2D eigenvalue weighted by molar-refractivity contribution is 0.167. The minimum Gasteiger partial charge on any atom is -0.383 e. The first-order chi connectivity index (χ1) is 15.0. The number of likely N-dealkylation sites (N-methyl/N-ethyl adjacent to an activating group) is 1. The Morgan fingerprint density at radius 2 is 1.74 bits per heavy atom. The number of hydrogen-bond acceptors (Lipinski definition) is 4. The molecular weight excluding hydrogens is 389 g/mol. The van der Waals surface area contributed by atoms with Gasteiger partial charge in [0, 0.05) is 25.2 Å². The first-order valence-corrected chi connectivity index (χ1v) is 11.1. The van der Waals surface area contributed by atoms with E-state index < -0.39 is 0 Å². The molecule has 1 unspecified atom stereocenters. The van der Waals surface area contributed by atoms with Crippen LogP contribution in [-0.2, 0) is 6.54 Å². The number of nitrogens with two attached hydrogens (primary N) is 1. The first-order valence-electron chi connectivity index (χ1n) is 11.1. The molecule has 1 aromatic heterocycles. The van der Waals surface area contributed by atoms with Crippen molar-refractivity contribution < 1.29 is 4.39 Å². The standard InChI is InChI=1S/C25H32FN5/c1-4-29(5-2)14-15-30-16-22(19-8-6-18(3)7-9-19)31-23(17-30)28-24(25(31)27)20-10-12-21(26)13-11-20/h6-13,22H,4-5,14-17,27H2,1-3H3. The lowest BCUT2D eigenvalue weighted by Gasteiger charge is -2.36. The van der Waals surface area contributed by atoms with Crippen molar-refractivity contribution in [3.8, 4) is 11.3 Å². The minimum atomic E-state index is -0.258. The maximum Gasteiger partial charge on any atom is 0.132 e. The number of benzene rings is 2. The highest BCUT2D eigenvalue weighted by molar-refractivity contribution is 5.71. The summed E-state index contributed by atoms with van der Waals surface area (Å²) in [5.74, 6) is 1.36. The Morgan fingerprint density at radius 1 is 1.06 bits per heavy atom. The predicted octanol–water partition coefficient (Wildman–Crippen LogP) is 4.33. The van der Waals surface area contributed by atoms with Crippen molar-refractivity contribution in [1.82, 2.24) is 19.4 Å². The van der Waals surface area contributed by atoms with E-state index >= 15 is 0 Å². The van der Waals surface area contributed by atoms with E-state index in [0.29, 0.717) is 5.82 Å². The fourth-order valence-corrected chi connectivity index (χ4v) is 4.40. The molecule has 164 valence electrons. The molecule has 0 aliphatic carbocycles. The molecule has 4 rings (SSSR count). The molecule has 0 amide bonds. The zero-order chi connectivity index (χ0) is 22.0. The van der Waals surface area contributed by atoms with Crippen molar-refractivity contribution in [2.24, 2.45) is 0 Å². The molecule has 1 atom stereocenters. The Labute approximate surface area is 184 Å². The maximum absolute atomic E-state index is 13.4. The van der Waals surface area contributed by atoms with Gasteiger partial charge >= 0.3 is 0 Å². The number of imidazole rings is 1. The SMILES string of the molecule is CCN(CC)CCN1Cc2nc(-c3ccc(F)cc3)c(N)n2C(c2ccc(C)cc2)C1. The molecule has 31 heavy (non-hydrogen) atoms. The van der Waals surface area contributed by atoms with Crippen LogP contribution < -0.4 is 5.73 Å². The van der Waals surface area contributed by atoms with E-state index in [2.05, 4.69) is 59.4 Å². The van der Waals surface area contributed by atoms with Crippen molar-refractivity contribution in [3.63, 3.8) is 0 Å². The van der Waals surface area contributed by atoms with Crippen LogP contribution in [0.3, 0.4) is 0 Å². The Balaban J connectivity index is 1.70. The number of fused-ring (bicyclic) bond motifs is 1. The van der Waals surface area contributed by atoms with Crippen LogP contribution in [0.2, 0.25) is 0 Å². The van der Waals surface area contributed by atoms with Gasteiger partial charge in [0.25, 0.3) is 0 Å². The zero-order valence-electron chi connectivity index (χ0n) is 18.7. The van der Waals surface area contributed by atoms with E-state index in [9.17, 15) is 4.39 Å². The number of anilines is 1. The summed E-state index contributed by atoms with van der Waals surface area (Å²) < 4.78 is 15.6. The van der Waals surface area contributed by atoms with Crippen LogP contribution in [0.1, 0.15) is 36.8 Å². The summed E-state index contributed by atoms with van der Waals surface area (Å²) in [6.45, 7) is 12.3. The molecule has 0 bridgehead atoms. The van der Waals surface area contributed by atoms with Crippen molar-refractivity contribution in [1.29, 1.82) is 0 Å². The summed E-state index contributed by atoms with van der Waals surface area (Å²) >= 11 is 0. The molecule has 0 fully saturated rings. The van der Waals surface area contributed by atoms with Gasteiger partial charge in [-0.05, 0) is 49.8 Å². The van der Waals surface area contributed by atoms with Crippen LogP contribution in [0.5, 0.6) is 0 Å². The maximum atomic E-state index is 13.4. The topological polar surface area (TPSA) is 50.3 Å². The van der Waals surface area contributed by atoms with Gasteiger partial charge in [-0.3, -0.25) is 4.90 Å². The van der Waals surface area contributed by atoms with Gasteiger partial charge in [0.05, 0.1) is 12.6 Å². The molecule has 2 N–H and O–H groups in total. The molecule has 2 aromatic carbocycles. The number of rotatable bonds is 7. The van der Waals surface area contributed by atoms with Gasteiger partial charge in [0.15, 0.2) is 0 Å². The second kappa shape index (κ2) is 9.20. The third-order valence-corrected chi connectivity index (χ3v) is 6.34.